The first-order valence-electron chi connectivity index (χ1n) is 7.28. The zero-order chi connectivity index (χ0) is 14.5. The van der Waals surface area contributed by atoms with Gasteiger partial charge in [-0.1, -0.05) is 18.9 Å². The van der Waals surface area contributed by atoms with Crippen molar-refractivity contribution in [2.75, 3.05) is 5.32 Å². The van der Waals surface area contributed by atoms with Crippen LogP contribution in [0, 0.1) is 5.92 Å². The van der Waals surface area contributed by atoms with Gasteiger partial charge >= 0.3 is 0 Å². The summed E-state index contributed by atoms with van der Waals surface area (Å²) in [7, 11) is 0. The van der Waals surface area contributed by atoms with Crippen LogP contribution in [-0.4, -0.2) is 17.9 Å². The van der Waals surface area contributed by atoms with E-state index in [9.17, 15) is 9.59 Å². The Balaban J connectivity index is 2.02. The van der Waals surface area contributed by atoms with Crippen LogP contribution < -0.4 is 10.6 Å². The Labute approximate surface area is 119 Å². The number of anilines is 1. The molecule has 0 heterocycles. The summed E-state index contributed by atoms with van der Waals surface area (Å²) in [6, 6.07) is 7.19. The van der Waals surface area contributed by atoms with Crippen molar-refractivity contribution in [3.63, 3.8) is 0 Å². The Morgan fingerprint density at radius 1 is 1.20 bits per heavy atom. The zero-order valence-electron chi connectivity index (χ0n) is 12.1. The second-order valence-electron chi connectivity index (χ2n) is 5.68. The van der Waals surface area contributed by atoms with E-state index in [1.165, 1.54) is 0 Å². The molecule has 0 aliphatic heterocycles. The van der Waals surface area contributed by atoms with Crippen LogP contribution in [0.15, 0.2) is 24.3 Å². The van der Waals surface area contributed by atoms with Gasteiger partial charge in [-0.05, 0) is 44.9 Å². The Morgan fingerprint density at radius 2 is 1.90 bits per heavy atom. The summed E-state index contributed by atoms with van der Waals surface area (Å²) < 4.78 is 0. The predicted octanol–water partition coefficient (Wildman–Crippen LogP) is 2.95. The lowest BCUT2D eigenvalue weighted by molar-refractivity contribution is -0.119. The van der Waals surface area contributed by atoms with Gasteiger partial charge in [0.2, 0.25) is 5.91 Å². The highest BCUT2D eigenvalue weighted by atomic mass is 16.2. The first kappa shape index (κ1) is 14.6. The topological polar surface area (TPSA) is 58.2 Å². The maximum absolute atomic E-state index is 12.1. The standard InChI is InChI=1S/C16H22N2O2/c1-11(2)17-16(20)13-8-5-9-14(10-13)18-15(19)12-6-3-4-7-12/h5,8-12H,3-4,6-7H2,1-2H3,(H,17,20)(H,18,19). The summed E-state index contributed by atoms with van der Waals surface area (Å²) >= 11 is 0. The largest absolute Gasteiger partial charge is 0.350 e. The molecule has 0 unspecified atom stereocenters. The Morgan fingerprint density at radius 3 is 2.55 bits per heavy atom. The number of carbonyl (C=O) groups excluding carboxylic acids is 2. The Hall–Kier alpha value is -1.84. The molecule has 0 atom stereocenters. The molecule has 0 spiro atoms. The number of nitrogens with one attached hydrogen (secondary N) is 2. The number of hydrogen-bond acceptors (Lipinski definition) is 2. The monoisotopic (exact) mass is 274 g/mol. The van der Waals surface area contributed by atoms with E-state index in [4.69, 9.17) is 0 Å². The summed E-state index contributed by atoms with van der Waals surface area (Å²) in [6.45, 7) is 3.84. The van der Waals surface area contributed by atoms with Crippen LogP contribution >= 0.6 is 0 Å². The second kappa shape index (κ2) is 6.55. The van der Waals surface area contributed by atoms with Gasteiger partial charge in [-0.3, -0.25) is 9.59 Å². The lowest BCUT2D eigenvalue weighted by Gasteiger charge is -2.12. The summed E-state index contributed by atoms with van der Waals surface area (Å²) in [4.78, 5) is 24.0. The van der Waals surface area contributed by atoms with Crippen LogP contribution in [-0.2, 0) is 4.79 Å². The first-order chi connectivity index (χ1) is 9.56. The third kappa shape index (κ3) is 3.83. The molecule has 1 saturated carbocycles. The van der Waals surface area contributed by atoms with Gasteiger partial charge < -0.3 is 10.6 Å². The quantitative estimate of drug-likeness (QED) is 0.887. The van der Waals surface area contributed by atoms with Crippen molar-refractivity contribution >= 4 is 17.5 Å². The molecule has 1 aliphatic rings. The van der Waals surface area contributed by atoms with Gasteiger partial charge in [0.25, 0.3) is 5.91 Å². The smallest absolute Gasteiger partial charge is 0.251 e. The molecule has 0 saturated heterocycles. The molecule has 0 aromatic heterocycles. The van der Waals surface area contributed by atoms with Crippen molar-refractivity contribution in [1.82, 2.24) is 5.32 Å². The molecule has 2 N–H and O–H groups in total. The average molecular weight is 274 g/mol. The SMILES string of the molecule is CC(C)NC(=O)c1cccc(NC(=O)C2CCCC2)c1. The lowest BCUT2D eigenvalue weighted by Crippen LogP contribution is -2.30. The molecular formula is C16H22N2O2. The van der Waals surface area contributed by atoms with Crippen molar-refractivity contribution < 1.29 is 9.59 Å². The van der Waals surface area contributed by atoms with E-state index >= 15 is 0 Å². The molecule has 108 valence electrons. The summed E-state index contributed by atoms with van der Waals surface area (Å²) in [6.07, 6.45) is 4.21. The molecule has 2 amide bonds. The molecule has 0 radical (unpaired) electrons. The van der Waals surface area contributed by atoms with E-state index in [0.717, 1.165) is 25.7 Å². The van der Waals surface area contributed by atoms with Gasteiger partial charge in [0.1, 0.15) is 0 Å². The van der Waals surface area contributed by atoms with Crippen molar-refractivity contribution in [3.8, 4) is 0 Å². The van der Waals surface area contributed by atoms with Gasteiger partial charge in [-0.15, -0.1) is 0 Å². The predicted molar refractivity (Wildman–Crippen MR) is 79.6 cm³/mol. The van der Waals surface area contributed by atoms with Crippen molar-refractivity contribution in [1.29, 1.82) is 0 Å². The molecule has 4 nitrogen and oxygen atoms in total. The van der Waals surface area contributed by atoms with Gasteiger partial charge in [0, 0.05) is 23.2 Å². The van der Waals surface area contributed by atoms with Crippen molar-refractivity contribution in [3.05, 3.63) is 29.8 Å². The lowest BCUT2D eigenvalue weighted by atomic mass is 10.1. The minimum atomic E-state index is -0.114. The van der Waals surface area contributed by atoms with Crippen molar-refractivity contribution in [2.45, 2.75) is 45.6 Å². The molecule has 0 bridgehead atoms. The number of rotatable bonds is 4. The van der Waals surface area contributed by atoms with Crippen molar-refractivity contribution in [2.24, 2.45) is 5.92 Å². The fourth-order valence-corrected chi connectivity index (χ4v) is 2.52. The molecular weight excluding hydrogens is 252 g/mol. The number of carbonyl (C=O) groups is 2. The molecule has 1 aromatic rings. The van der Waals surface area contributed by atoms with E-state index in [0.29, 0.717) is 11.3 Å². The van der Waals surface area contributed by atoms with Gasteiger partial charge in [0.05, 0.1) is 0 Å². The van der Waals surface area contributed by atoms with Gasteiger partial charge in [0.15, 0.2) is 0 Å². The highest BCUT2D eigenvalue weighted by Crippen LogP contribution is 2.26. The molecule has 1 aromatic carbocycles. The summed E-state index contributed by atoms with van der Waals surface area (Å²) in [5.41, 5.74) is 1.27. The fourth-order valence-electron chi connectivity index (χ4n) is 2.52. The molecule has 4 heteroatoms. The van der Waals surface area contributed by atoms with Crippen LogP contribution in [0.2, 0.25) is 0 Å². The van der Waals surface area contributed by atoms with Gasteiger partial charge in [-0.2, -0.15) is 0 Å². The van der Waals surface area contributed by atoms with Crippen LogP contribution in [0.1, 0.15) is 49.9 Å². The normalized spacial score (nSPS) is 15.3. The summed E-state index contributed by atoms with van der Waals surface area (Å²) in [5, 5.41) is 5.76. The van der Waals surface area contributed by atoms with E-state index in [-0.39, 0.29) is 23.8 Å². The average Bonchev–Trinajstić information content (AvgIpc) is 2.92. The Kier molecular flexibility index (Phi) is 4.77. The maximum atomic E-state index is 12.1. The molecule has 1 fully saturated rings. The van der Waals surface area contributed by atoms with Gasteiger partial charge in [-0.25, -0.2) is 0 Å². The maximum Gasteiger partial charge on any atom is 0.251 e. The Bertz CT molecular complexity index is 491. The minimum absolute atomic E-state index is 0.0731. The van der Waals surface area contributed by atoms with E-state index < -0.39 is 0 Å². The second-order valence-corrected chi connectivity index (χ2v) is 5.68. The minimum Gasteiger partial charge on any atom is -0.350 e. The highest BCUT2D eigenvalue weighted by Gasteiger charge is 2.22. The van der Waals surface area contributed by atoms with Crippen LogP contribution in [0.5, 0.6) is 0 Å². The summed E-state index contributed by atoms with van der Waals surface area (Å²) in [5.74, 6) is 0.0871. The van der Waals surface area contributed by atoms with E-state index in [2.05, 4.69) is 10.6 Å². The molecule has 1 aliphatic carbocycles. The fraction of sp³-hybridized carbons (Fsp3) is 0.500. The first-order valence-corrected chi connectivity index (χ1v) is 7.28. The van der Waals surface area contributed by atoms with E-state index in [1.807, 2.05) is 19.9 Å². The van der Waals surface area contributed by atoms with Crippen LogP contribution in [0.3, 0.4) is 0 Å². The number of hydrogen-bond donors (Lipinski definition) is 2. The van der Waals surface area contributed by atoms with E-state index in [1.54, 1.807) is 18.2 Å². The third-order valence-electron chi connectivity index (χ3n) is 3.54. The third-order valence-corrected chi connectivity index (χ3v) is 3.54. The zero-order valence-corrected chi connectivity index (χ0v) is 12.1. The molecule has 2 rings (SSSR count). The molecule has 20 heavy (non-hydrogen) atoms. The highest BCUT2D eigenvalue weighted by molar-refractivity contribution is 5.97. The van der Waals surface area contributed by atoms with Crippen LogP contribution in [0.4, 0.5) is 5.69 Å². The van der Waals surface area contributed by atoms with Crippen LogP contribution in [0.25, 0.3) is 0 Å². The number of benzene rings is 1. The number of amides is 2.